The predicted molar refractivity (Wildman–Crippen MR) is 167 cm³/mol. The molecule has 4 unspecified atom stereocenters. The van der Waals surface area contributed by atoms with Crippen molar-refractivity contribution in [1.29, 1.82) is 5.26 Å². The van der Waals surface area contributed by atoms with E-state index in [9.17, 15) is 24.8 Å². The number of nitrogens with zero attached hydrogens (tertiary/aromatic N) is 2. The highest BCUT2D eigenvalue weighted by atomic mass is 32.2. The molecule has 43 heavy (non-hydrogen) atoms. The first-order valence-corrected chi connectivity index (χ1v) is 15.0. The van der Waals surface area contributed by atoms with Crippen LogP contribution in [0.3, 0.4) is 0 Å². The van der Waals surface area contributed by atoms with Gasteiger partial charge in [0, 0.05) is 22.1 Å². The zero-order chi connectivity index (χ0) is 30.7. The van der Waals surface area contributed by atoms with E-state index >= 15 is 0 Å². The lowest BCUT2D eigenvalue weighted by atomic mass is 9.71. The number of carbonyl (C=O) groups excluding carboxylic acids is 2. The van der Waals surface area contributed by atoms with Crippen LogP contribution in [-0.2, 0) is 4.79 Å². The summed E-state index contributed by atoms with van der Waals surface area (Å²) in [7, 11) is 0. The summed E-state index contributed by atoms with van der Waals surface area (Å²) in [4.78, 5) is 44.6. The Labute approximate surface area is 255 Å². The van der Waals surface area contributed by atoms with Gasteiger partial charge in [-0.25, -0.2) is 9.59 Å². The number of aryl methyl sites for hydroxylation is 1. The fraction of sp³-hybridized carbons (Fsp3) is 0.200. The molecule has 0 bridgehead atoms. The number of aliphatic carboxylic acids is 1. The minimum absolute atomic E-state index is 0.269. The van der Waals surface area contributed by atoms with E-state index in [0.29, 0.717) is 27.9 Å². The normalized spacial score (nSPS) is 21.2. The lowest BCUT2D eigenvalue weighted by Crippen LogP contribution is -2.55. The molecule has 7 nitrogen and oxygen atoms in total. The third-order valence-corrected chi connectivity index (χ3v) is 8.97. The van der Waals surface area contributed by atoms with Crippen LogP contribution in [0.1, 0.15) is 51.5 Å². The quantitative estimate of drug-likeness (QED) is 0.173. The van der Waals surface area contributed by atoms with Crippen molar-refractivity contribution in [3.05, 3.63) is 131 Å². The number of Topliss-reactive ketones (excluding diaryl/α,β-unsaturated/α-hetero) is 1. The molecule has 1 aliphatic heterocycles. The Morgan fingerprint density at radius 2 is 1.58 bits per heavy atom. The number of anilines is 1. The van der Waals surface area contributed by atoms with Gasteiger partial charge in [0.25, 0.3) is 0 Å². The molecule has 1 saturated heterocycles. The van der Waals surface area contributed by atoms with E-state index in [4.69, 9.17) is 0 Å². The number of benzene rings is 4. The standard InChI is InChI=1S/C35H31N3O4S/c1-22-8-7-11-27(20-22)37-34(42)38-31(25-14-12-23(21-36)13-15-25)29(32(39)26-16-18-28(43-3)19-17-26)30(35(38,2)33(40)41)24-9-5-4-6-10-24/h4-20,29-31H,1-3H3,(H,37,42)(H,40,41). The third-order valence-electron chi connectivity index (χ3n) is 8.22. The van der Waals surface area contributed by atoms with E-state index < -0.39 is 35.4 Å². The van der Waals surface area contributed by atoms with Crippen molar-refractivity contribution < 1.29 is 19.5 Å². The van der Waals surface area contributed by atoms with Gasteiger partial charge in [0.1, 0.15) is 5.54 Å². The third kappa shape index (κ3) is 5.52. The number of ketones is 1. The van der Waals surface area contributed by atoms with Gasteiger partial charge in [-0.05, 0) is 73.2 Å². The molecule has 0 saturated carbocycles. The maximum absolute atomic E-state index is 14.6. The van der Waals surface area contributed by atoms with Gasteiger partial charge in [-0.2, -0.15) is 5.26 Å². The molecule has 0 aromatic heterocycles. The van der Waals surface area contributed by atoms with E-state index in [-0.39, 0.29) is 5.78 Å². The Morgan fingerprint density at radius 3 is 2.16 bits per heavy atom. The van der Waals surface area contributed by atoms with E-state index in [0.717, 1.165) is 10.5 Å². The largest absolute Gasteiger partial charge is 0.479 e. The van der Waals surface area contributed by atoms with Gasteiger partial charge in [-0.3, -0.25) is 9.69 Å². The Balaban J connectivity index is 1.76. The van der Waals surface area contributed by atoms with Crippen LogP contribution in [0.4, 0.5) is 10.5 Å². The van der Waals surface area contributed by atoms with Crippen molar-refractivity contribution in [2.75, 3.05) is 11.6 Å². The van der Waals surface area contributed by atoms with Crippen molar-refractivity contribution in [3.63, 3.8) is 0 Å². The second-order valence-corrected chi connectivity index (χ2v) is 11.7. The maximum Gasteiger partial charge on any atom is 0.330 e. The Morgan fingerprint density at radius 1 is 0.907 bits per heavy atom. The highest BCUT2D eigenvalue weighted by Gasteiger charge is 2.65. The summed E-state index contributed by atoms with van der Waals surface area (Å²) in [5.41, 5.74) is 1.64. The number of amides is 2. The van der Waals surface area contributed by atoms with Crippen LogP contribution >= 0.6 is 11.8 Å². The molecular weight excluding hydrogens is 558 g/mol. The van der Waals surface area contributed by atoms with Gasteiger partial charge in [-0.15, -0.1) is 11.8 Å². The fourth-order valence-electron chi connectivity index (χ4n) is 6.16. The Hall–Kier alpha value is -4.87. The average molecular weight is 590 g/mol. The van der Waals surface area contributed by atoms with Crippen LogP contribution in [0.2, 0.25) is 0 Å². The SMILES string of the molecule is CSc1ccc(C(=O)C2C(c3ccc(C#N)cc3)N(C(=O)Nc3cccc(C)c3)C(C)(C(=O)O)C2c2ccccc2)cc1. The number of rotatable bonds is 7. The first-order valence-electron chi connectivity index (χ1n) is 13.8. The van der Waals surface area contributed by atoms with Crippen LogP contribution in [-0.4, -0.2) is 39.6 Å². The van der Waals surface area contributed by atoms with E-state index in [1.807, 2.05) is 37.4 Å². The van der Waals surface area contributed by atoms with E-state index in [1.54, 1.807) is 90.6 Å². The maximum atomic E-state index is 14.6. The van der Waals surface area contributed by atoms with E-state index in [1.165, 1.54) is 11.8 Å². The second kappa shape index (κ2) is 12.2. The lowest BCUT2D eigenvalue weighted by Gasteiger charge is -2.37. The lowest BCUT2D eigenvalue weighted by molar-refractivity contribution is -0.148. The number of nitriles is 1. The minimum atomic E-state index is -1.83. The Kier molecular flexibility index (Phi) is 8.38. The smallest absolute Gasteiger partial charge is 0.330 e. The minimum Gasteiger partial charge on any atom is -0.479 e. The molecule has 5 rings (SSSR count). The number of thioether (sulfide) groups is 1. The molecule has 2 N–H and O–H groups in total. The fourth-order valence-corrected chi connectivity index (χ4v) is 6.57. The summed E-state index contributed by atoms with van der Waals surface area (Å²) in [6.45, 7) is 3.42. The number of hydrogen-bond acceptors (Lipinski definition) is 5. The number of urea groups is 1. The molecule has 0 aliphatic carbocycles. The highest BCUT2D eigenvalue weighted by Crippen LogP contribution is 2.56. The Bertz CT molecular complexity index is 1700. The van der Waals surface area contributed by atoms with Gasteiger partial charge >= 0.3 is 12.0 Å². The molecule has 216 valence electrons. The zero-order valence-corrected chi connectivity index (χ0v) is 24.8. The van der Waals surface area contributed by atoms with Crippen molar-refractivity contribution in [1.82, 2.24) is 4.90 Å². The summed E-state index contributed by atoms with van der Waals surface area (Å²) in [6, 6.07) is 30.6. The van der Waals surface area contributed by atoms with Gasteiger partial charge < -0.3 is 10.4 Å². The van der Waals surface area contributed by atoms with E-state index in [2.05, 4.69) is 11.4 Å². The van der Waals surface area contributed by atoms with Gasteiger partial charge in [0.05, 0.1) is 23.6 Å². The number of carbonyl (C=O) groups is 3. The number of carboxylic acids is 1. The molecule has 0 radical (unpaired) electrons. The molecule has 8 heteroatoms. The van der Waals surface area contributed by atoms with Crippen LogP contribution in [0.5, 0.6) is 0 Å². The molecule has 0 spiro atoms. The summed E-state index contributed by atoms with van der Waals surface area (Å²) in [5.74, 6) is -3.36. The van der Waals surface area contributed by atoms with Crippen LogP contribution < -0.4 is 5.32 Å². The molecule has 1 aliphatic rings. The summed E-state index contributed by atoms with van der Waals surface area (Å²) in [5, 5.41) is 23.3. The average Bonchev–Trinajstić information content (AvgIpc) is 3.31. The molecule has 4 atom stereocenters. The first-order chi connectivity index (χ1) is 20.7. The van der Waals surface area contributed by atoms with Crippen LogP contribution in [0.15, 0.2) is 108 Å². The van der Waals surface area contributed by atoms with Crippen LogP contribution in [0, 0.1) is 24.2 Å². The van der Waals surface area contributed by atoms with Gasteiger partial charge in [0.15, 0.2) is 5.78 Å². The number of carboxylic acid groups (broad SMARTS) is 1. The van der Waals surface area contributed by atoms with Crippen molar-refractivity contribution in [3.8, 4) is 6.07 Å². The van der Waals surface area contributed by atoms with Crippen LogP contribution in [0.25, 0.3) is 0 Å². The first kappa shape index (κ1) is 29.6. The monoisotopic (exact) mass is 589 g/mol. The topological polar surface area (TPSA) is 111 Å². The molecular formula is C35H31N3O4S. The zero-order valence-electron chi connectivity index (χ0n) is 24.0. The summed E-state index contributed by atoms with van der Waals surface area (Å²) in [6.07, 6.45) is 1.95. The second-order valence-electron chi connectivity index (χ2n) is 10.8. The predicted octanol–water partition coefficient (Wildman–Crippen LogP) is 7.30. The molecule has 2 amide bonds. The highest BCUT2D eigenvalue weighted by molar-refractivity contribution is 7.98. The van der Waals surface area contributed by atoms with Crippen molar-refractivity contribution >= 4 is 35.2 Å². The van der Waals surface area contributed by atoms with Crippen molar-refractivity contribution in [2.24, 2.45) is 5.92 Å². The molecule has 4 aromatic carbocycles. The summed E-state index contributed by atoms with van der Waals surface area (Å²) >= 11 is 1.55. The summed E-state index contributed by atoms with van der Waals surface area (Å²) < 4.78 is 0. The van der Waals surface area contributed by atoms with Crippen molar-refractivity contribution in [2.45, 2.75) is 36.2 Å². The number of likely N-dealkylation sites (tertiary alicyclic amines) is 1. The molecule has 1 heterocycles. The number of hydrogen-bond donors (Lipinski definition) is 2. The molecule has 4 aromatic rings. The van der Waals surface area contributed by atoms with Gasteiger partial charge in [-0.1, -0.05) is 66.7 Å². The number of nitrogens with one attached hydrogen (secondary N) is 1. The van der Waals surface area contributed by atoms with Gasteiger partial charge in [0.2, 0.25) is 0 Å². The molecule has 1 fully saturated rings.